The lowest BCUT2D eigenvalue weighted by atomic mass is 9.98. The summed E-state index contributed by atoms with van der Waals surface area (Å²) in [4.78, 5) is 128. The molecule has 150 heavy (non-hydrogen) atoms. The number of amides is 1. The number of nitrogens with one attached hydrogen (secondary N) is 4. The number of rotatable bonds is 26. The van der Waals surface area contributed by atoms with Crippen LogP contribution in [0.2, 0.25) is 0 Å². The summed E-state index contributed by atoms with van der Waals surface area (Å²) in [6.07, 6.45) is 4.98. The fourth-order valence-electron chi connectivity index (χ4n) is 17.1. The van der Waals surface area contributed by atoms with E-state index in [2.05, 4.69) is 96.0 Å². The summed E-state index contributed by atoms with van der Waals surface area (Å²) in [7, 11) is 1.80. The second-order valence-corrected chi connectivity index (χ2v) is 35.2. The van der Waals surface area contributed by atoms with Gasteiger partial charge in [-0.15, -0.1) is 0 Å². The number of anilines is 3. The number of nitrogens with two attached hydrogens (primary N) is 2. The highest BCUT2D eigenvalue weighted by Gasteiger charge is 2.31. The molecule has 0 atom stereocenters. The zero-order valence-electron chi connectivity index (χ0n) is 81.7. The molecule has 10 aromatic heterocycles. The fourth-order valence-corrected chi connectivity index (χ4v) is 17.1. The number of hydrogen-bond donors (Lipinski definition) is 6. The lowest BCUT2D eigenvalue weighted by molar-refractivity contribution is -0.137. The molecule has 746 valence electrons. The Balaban J connectivity index is 0.000000122. The maximum absolute atomic E-state index is 13.0. The number of carbonyl (C=O) groups excluding carboxylic acids is 5. The molecule has 0 unspecified atom stereocenters. The van der Waals surface area contributed by atoms with Crippen LogP contribution in [0, 0.1) is 27.7 Å². The molecule has 0 bridgehead atoms. The van der Waals surface area contributed by atoms with Crippen molar-refractivity contribution in [1.82, 2.24) is 90.7 Å². The average Bonchev–Trinajstić information content (AvgIpc) is 1.30. The number of ketones is 4. The van der Waals surface area contributed by atoms with E-state index in [-0.39, 0.29) is 46.2 Å². The Hall–Kier alpha value is -18.9. The van der Waals surface area contributed by atoms with Crippen molar-refractivity contribution in [1.29, 1.82) is 0 Å². The number of alkyl halides is 3. The summed E-state index contributed by atoms with van der Waals surface area (Å²) in [6, 6.07) is 86.1. The Labute approximate surface area is 857 Å². The number of ether oxygens (including phenoxy) is 5. The Morgan fingerprint density at radius 1 is 0.347 bits per heavy atom. The van der Waals surface area contributed by atoms with E-state index < -0.39 is 17.6 Å². The molecule has 10 aromatic carbocycles. The number of aryl methyl sites for hydroxylation is 4. The molecule has 0 spiro atoms. The highest BCUT2D eigenvalue weighted by Crippen LogP contribution is 2.37. The van der Waals surface area contributed by atoms with Gasteiger partial charge in [0.25, 0.3) is 5.91 Å². The fraction of sp³-hybridized carbons (Fsp3) is 0.138. The van der Waals surface area contributed by atoms with Crippen molar-refractivity contribution in [3.63, 3.8) is 0 Å². The minimum absolute atomic E-state index is 0.0425. The zero-order valence-corrected chi connectivity index (χ0v) is 81.7. The van der Waals surface area contributed by atoms with Gasteiger partial charge in [-0.1, -0.05) is 180 Å². The van der Waals surface area contributed by atoms with Gasteiger partial charge in [-0.05, 0) is 155 Å². The molecule has 1 amide bonds. The van der Waals surface area contributed by atoms with E-state index in [1.54, 1.807) is 73.8 Å². The van der Waals surface area contributed by atoms with Gasteiger partial charge in [-0.25, -0.2) is 69.8 Å². The smallest absolute Gasteiger partial charge is 0.416 e. The number of hydrogen-bond acceptors (Lipinski definition) is 30. The molecule has 0 fully saturated rings. The van der Waals surface area contributed by atoms with Crippen LogP contribution in [0.15, 0.2) is 323 Å². The largest absolute Gasteiger partial charge is 0.421 e. The summed E-state index contributed by atoms with van der Waals surface area (Å²) in [6.45, 7) is 11.6. The molecule has 0 radical (unpaired) electrons. The standard InChI is InChI=1S/C25H22N4O2.C24H20N4O2.C23H18F3N5O2.2C22H18N4O2/c1-16-4-2-5-17(12-16)13-23(30)19-6-3-7-21-18(19)8-9-24(29-21)31-25-20-10-11-26-14-22(20)27-15-28-25;1-15-4-2-5-16(10-15)11-22(29)18-6-3-7-20-17(18)8-9-23(28-20)30-24-19-12-25-13-21(19)26-14-27-24;1-27-12-16-11-21(29-13-28-16)33-20-9-8-17-18(6-3-7-19(17)31-20)22(32)30-15-5-2-4-14(10-15)23(24,25)26;1-14-4-2-5-15(10-14)11-19(27)17-6-3-7-18-16(17)8-9-21(26-18)28-22-12-20(23)24-13-25-22;1-14-4-2-5-15(12-14)13-19(27)17-6-3-7-18-16(17)8-9-20(25-18)28-21-10-11-24-22(23)26-21/h2-9,12,15,26H,10-11,13-14H2,1H3;2-10,14,25H,11-13H2,1H3;2-11,13,27H,12H2,1H3,(H,30,32);2-10,12-13H,11H2,1H3,(H2,23,24,25);2-12H,13H2,1H3,(H2,23,24,26). The van der Waals surface area contributed by atoms with Gasteiger partial charge in [0.05, 0.1) is 55.8 Å². The van der Waals surface area contributed by atoms with Gasteiger partial charge in [0.1, 0.15) is 31.1 Å². The van der Waals surface area contributed by atoms with E-state index >= 15 is 0 Å². The van der Waals surface area contributed by atoms with Crippen molar-refractivity contribution in [3.05, 3.63) is 429 Å². The number of halogens is 3. The number of carbonyl (C=O) groups is 5. The molecule has 0 saturated heterocycles. The van der Waals surface area contributed by atoms with E-state index in [0.717, 1.165) is 125 Å². The Kier molecular flexibility index (Phi) is 31.6. The Morgan fingerprint density at radius 3 is 1.15 bits per heavy atom. The van der Waals surface area contributed by atoms with Crippen molar-refractivity contribution in [2.45, 2.75) is 92.2 Å². The lowest BCUT2D eigenvalue weighted by Gasteiger charge is -2.18. The summed E-state index contributed by atoms with van der Waals surface area (Å²) >= 11 is 0. The van der Waals surface area contributed by atoms with Gasteiger partial charge in [0, 0.05) is 173 Å². The first kappa shape index (κ1) is 101. The lowest BCUT2D eigenvalue weighted by Crippen LogP contribution is -2.25. The van der Waals surface area contributed by atoms with Gasteiger partial charge in [-0.3, -0.25) is 24.0 Å². The predicted molar refractivity (Wildman–Crippen MR) is 563 cm³/mol. The van der Waals surface area contributed by atoms with Crippen LogP contribution in [0.3, 0.4) is 0 Å². The number of Topliss-reactive ketones (excluding diaryl/α,β-unsaturated/α-hetero) is 4. The summed E-state index contributed by atoms with van der Waals surface area (Å²) in [5.41, 5.74) is 29.8. The summed E-state index contributed by atoms with van der Waals surface area (Å²) in [5.74, 6) is 4.05. The van der Waals surface area contributed by atoms with Crippen molar-refractivity contribution in [3.8, 4) is 58.8 Å². The van der Waals surface area contributed by atoms with E-state index in [0.29, 0.717) is 160 Å². The third-order valence-corrected chi connectivity index (χ3v) is 24.0. The van der Waals surface area contributed by atoms with Crippen LogP contribution in [0.25, 0.3) is 54.5 Å². The molecule has 2 aliphatic rings. The van der Waals surface area contributed by atoms with Crippen molar-refractivity contribution < 1.29 is 60.8 Å². The average molecular weight is 2000 g/mol. The molecular weight excluding hydrogens is 1900 g/mol. The molecule has 22 rings (SSSR count). The number of pyridine rings is 5. The van der Waals surface area contributed by atoms with Crippen LogP contribution < -0.4 is 56.4 Å². The van der Waals surface area contributed by atoms with E-state index in [1.165, 1.54) is 49.7 Å². The molecule has 0 saturated carbocycles. The Bertz CT molecular complexity index is 8290. The molecule has 12 heterocycles. The minimum Gasteiger partial charge on any atom is -0.421 e. The molecule has 8 N–H and O–H groups in total. The van der Waals surface area contributed by atoms with Crippen LogP contribution in [0.5, 0.6) is 58.8 Å². The van der Waals surface area contributed by atoms with Crippen molar-refractivity contribution >= 4 is 101 Å². The SMILES string of the molecule is CNCc1cc(Oc2ccc3c(C(=O)Nc4cccc(C(F)(F)F)c4)cccc3n2)ncn1.Cc1cccc(CC(=O)c2cccc3nc(Oc4cc(N)ncn4)ccc23)c1.Cc1cccc(CC(=O)c2cccc3nc(Oc4ccnc(N)n4)ccc23)c1.Cc1cccc(CC(=O)c2cccc3nc(Oc4ncnc5c4CCNC5)ccc23)c1.Cc1cccc(CC(=O)c2cccc3nc(Oc4ncnc5c4CNC5)ccc23)c1. The second-order valence-electron chi connectivity index (χ2n) is 35.2. The van der Waals surface area contributed by atoms with E-state index in [4.69, 9.17) is 35.2 Å². The van der Waals surface area contributed by atoms with Crippen molar-refractivity contribution in [2.75, 3.05) is 30.4 Å². The summed E-state index contributed by atoms with van der Waals surface area (Å²) in [5, 5.41) is 15.8. The zero-order chi connectivity index (χ0) is 104. The number of nitrogens with zero attached hydrogens (tertiary/aromatic N) is 15. The minimum atomic E-state index is -4.50. The molecular formula is C116H96F3N21O10. The number of aromatic nitrogens is 15. The quantitative estimate of drug-likeness (QED) is 0.0274. The van der Waals surface area contributed by atoms with Crippen LogP contribution in [-0.4, -0.2) is 117 Å². The van der Waals surface area contributed by atoms with Crippen molar-refractivity contribution in [2.24, 2.45) is 0 Å². The monoisotopic (exact) mass is 2000 g/mol. The molecule has 34 heteroatoms. The highest BCUT2D eigenvalue weighted by atomic mass is 19.4. The van der Waals surface area contributed by atoms with Gasteiger partial charge >= 0.3 is 6.18 Å². The van der Waals surface area contributed by atoms with Crippen LogP contribution in [0.4, 0.5) is 30.6 Å². The summed E-state index contributed by atoms with van der Waals surface area (Å²) < 4.78 is 67.8. The molecule has 2 aliphatic heterocycles. The first-order valence-corrected chi connectivity index (χ1v) is 47.7. The first-order valence-electron chi connectivity index (χ1n) is 47.7. The van der Waals surface area contributed by atoms with Gasteiger partial charge in [-0.2, -0.15) is 18.2 Å². The number of nitrogen functional groups attached to an aromatic ring is 2. The number of fused-ring (bicyclic) bond motifs is 7. The van der Waals surface area contributed by atoms with Crippen LogP contribution >= 0.6 is 0 Å². The van der Waals surface area contributed by atoms with Crippen LogP contribution in [0.1, 0.15) is 130 Å². The maximum Gasteiger partial charge on any atom is 0.416 e. The maximum atomic E-state index is 13.0. The normalized spacial score (nSPS) is 11.8. The molecule has 31 nitrogen and oxygen atoms in total. The molecule has 20 aromatic rings. The van der Waals surface area contributed by atoms with Gasteiger partial charge in [0.15, 0.2) is 23.1 Å². The third kappa shape index (κ3) is 25.9. The third-order valence-electron chi connectivity index (χ3n) is 24.0. The van der Waals surface area contributed by atoms with Gasteiger partial charge in [0.2, 0.25) is 64.7 Å². The topological polar surface area (TPSA) is 425 Å². The Morgan fingerprint density at radius 2 is 0.720 bits per heavy atom. The number of benzene rings is 10. The van der Waals surface area contributed by atoms with E-state index in [1.807, 2.05) is 222 Å². The highest BCUT2D eigenvalue weighted by molar-refractivity contribution is 6.14. The van der Waals surface area contributed by atoms with Crippen LogP contribution in [-0.2, 0) is 64.5 Å². The van der Waals surface area contributed by atoms with E-state index in [9.17, 15) is 37.1 Å². The first-order chi connectivity index (χ1) is 72.8. The molecule has 0 aliphatic carbocycles. The van der Waals surface area contributed by atoms with Gasteiger partial charge < -0.3 is 56.4 Å². The predicted octanol–water partition coefficient (Wildman–Crippen LogP) is 21.4. The second kappa shape index (κ2) is 46.8.